The quantitative estimate of drug-likeness (QED) is 0.769. The van der Waals surface area contributed by atoms with Crippen molar-refractivity contribution in [3.8, 4) is 0 Å². The summed E-state index contributed by atoms with van der Waals surface area (Å²) in [5.41, 5.74) is 2.51. The Bertz CT molecular complexity index is 496. The number of benzene rings is 1. The van der Waals surface area contributed by atoms with Crippen molar-refractivity contribution in [2.24, 2.45) is 0 Å². The van der Waals surface area contributed by atoms with Gasteiger partial charge in [0.05, 0.1) is 0 Å². The van der Waals surface area contributed by atoms with E-state index in [1.165, 1.54) is 5.56 Å². The fourth-order valence-corrected chi connectivity index (χ4v) is 2.50. The molecule has 0 saturated heterocycles. The van der Waals surface area contributed by atoms with Crippen LogP contribution in [0.15, 0.2) is 53.1 Å². The molecule has 2 aromatic rings. The number of halogens is 1. The third kappa shape index (κ3) is 4.73. The molecule has 1 atom stereocenters. The first-order valence-corrected chi connectivity index (χ1v) is 7.95. The molecule has 0 amide bonds. The van der Waals surface area contributed by atoms with Crippen LogP contribution in [-0.4, -0.2) is 18.1 Å². The molecule has 3 heteroatoms. The Labute approximate surface area is 129 Å². The lowest BCUT2D eigenvalue weighted by Crippen LogP contribution is -2.24. The Balaban J connectivity index is 2.07. The summed E-state index contributed by atoms with van der Waals surface area (Å²) in [4.78, 5) is 4.50. The highest BCUT2D eigenvalue weighted by atomic mass is 79.9. The molecule has 106 valence electrons. The van der Waals surface area contributed by atoms with Crippen LogP contribution in [0.3, 0.4) is 0 Å². The lowest BCUT2D eigenvalue weighted by Gasteiger charge is -2.18. The van der Waals surface area contributed by atoms with Crippen molar-refractivity contribution in [2.45, 2.75) is 25.7 Å². The predicted octanol–water partition coefficient (Wildman–Crippen LogP) is 4.17. The molecule has 0 bridgehead atoms. The summed E-state index contributed by atoms with van der Waals surface area (Å²) in [5.74, 6) is 0.469. The fourth-order valence-electron chi connectivity index (χ4n) is 2.27. The molecule has 1 N–H and O–H groups in total. The first-order chi connectivity index (χ1) is 9.79. The Kier molecular flexibility index (Phi) is 6.22. The lowest BCUT2D eigenvalue weighted by atomic mass is 9.94. The highest BCUT2D eigenvalue weighted by Gasteiger charge is 2.12. The monoisotopic (exact) mass is 332 g/mol. The maximum absolute atomic E-state index is 4.50. The molecule has 2 rings (SSSR count). The van der Waals surface area contributed by atoms with E-state index in [1.54, 1.807) is 0 Å². The number of nitrogens with zero attached hydrogens (tertiary/aromatic N) is 1. The van der Waals surface area contributed by atoms with Crippen LogP contribution in [0.5, 0.6) is 0 Å². The molecule has 0 aliphatic rings. The van der Waals surface area contributed by atoms with Crippen LogP contribution >= 0.6 is 15.9 Å². The maximum Gasteiger partial charge on any atom is 0.0413 e. The van der Waals surface area contributed by atoms with Crippen LogP contribution in [0.25, 0.3) is 0 Å². The van der Waals surface area contributed by atoms with Gasteiger partial charge in [0.25, 0.3) is 0 Å². The number of hydrogen-bond acceptors (Lipinski definition) is 2. The molecular weight excluding hydrogens is 312 g/mol. The van der Waals surface area contributed by atoms with Crippen molar-refractivity contribution in [3.05, 3.63) is 64.4 Å². The number of aromatic nitrogens is 1. The van der Waals surface area contributed by atoms with Gasteiger partial charge in [-0.25, -0.2) is 0 Å². The number of pyridine rings is 1. The average molecular weight is 333 g/mol. The van der Waals surface area contributed by atoms with Crippen LogP contribution in [0.2, 0.25) is 0 Å². The van der Waals surface area contributed by atoms with Crippen LogP contribution in [0.1, 0.15) is 30.5 Å². The van der Waals surface area contributed by atoms with Crippen molar-refractivity contribution in [1.82, 2.24) is 10.3 Å². The van der Waals surface area contributed by atoms with Gasteiger partial charge in [-0.1, -0.05) is 37.3 Å². The zero-order chi connectivity index (χ0) is 14.2. The molecule has 0 fully saturated rings. The highest BCUT2D eigenvalue weighted by molar-refractivity contribution is 9.10. The van der Waals surface area contributed by atoms with Gasteiger partial charge in [0.1, 0.15) is 0 Å². The minimum Gasteiger partial charge on any atom is -0.316 e. The van der Waals surface area contributed by atoms with Gasteiger partial charge >= 0.3 is 0 Å². The van der Waals surface area contributed by atoms with E-state index in [2.05, 4.69) is 75.6 Å². The normalized spacial score (nSPS) is 12.3. The van der Waals surface area contributed by atoms with Gasteiger partial charge in [-0.3, -0.25) is 4.98 Å². The van der Waals surface area contributed by atoms with E-state index in [4.69, 9.17) is 0 Å². The maximum atomic E-state index is 4.50. The Morgan fingerprint density at radius 3 is 2.60 bits per heavy atom. The largest absolute Gasteiger partial charge is 0.316 e. The van der Waals surface area contributed by atoms with E-state index in [-0.39, 0.29) is 0 Å². The van der Waals surface area contributed by atoms with Crippen molar-refractivity contribution in [1.29, 1.82) is 0 Å². The average Bonchev–Trinajstić information content (AvgIpc) is 2.49. The number of hydrogen-bond donors (Lipinski definition) is 1. The third-order valence-electron chi connectivity index (χ3n) is 3.33. The summed E-state index contributed by atoms with van der Waals surface area (Å²) in [7, 11) is 0. The van der Waals surface area contributed by atoms with E-state index in [0.717, 1.165) is 36.1 Å². The number of nitrogens with one attached hydrogen (secondary N) is 1. The first-order valence-electron chi connectivity index (χ1n) is 7.15. The van der Waals surface area contributed by atoms with Gasteiger partial charge in [0.2, 0.25) is 0 Å². The fraction of sp³-hybridized carbons (Fsp3) is 0.353. The van der Waals surface area contributed by atoms with Crippen molar-refractivity contribution in [2.75, 3.05) is 13.1 Å². The van der Waals surface area contributed by atoms with Crippen molar-refractivity contribution >= 4 is 15.9 Å². The number of rotatable bonds is 7. The Morgan fingerprint density at radius 2 is 1.95 bits per heavy atom. The summed E-state index contributed by atoms with van der Waals surface area (Å²) >= 11 is 3.43. The summed E-state index contributed by atoms with van der Waals surface area (Å²) < 4.78 is 1.03. The van der Waals surface area contributed by atoms with Crippen molar-refractivity contribution < 1.29 is 0 Å². The van der Waals surface area contributed by atoms with Gasteiger partial charge in [-0.2, -0.15) is 0 Å². The molecule has 1 aromatic carbocycles. The lowest BCUT2D eigenvalue weighted by molar-refractivity contribution is 0.572. The summed E-state index contributed by atoms with van der Waals surface area (Å²) in [6.45, 7) is 4.26. The SMILES string of the molecule is CCCNCC(Cc1ccc(Br)cn1)c1ccccc1. The van der Waals surface area contributed by atoms with Gasteiger partial charge in [0.15, 0.2) is 0 Å². The topological polar surface area (TPSA) is 24.9 Å². The second-order valence-electron chi connectivity index (χ2n) is 4.98. The van der Waals surface area contributed by atoms with Gasteiger partial charge in [0, 0.05) is 28.8 Å². The third-order valence-corrected chi connectivity index (χ3v) is 3.80. The van der Waals surface area contributed by atoms with Gasteiger partial charge in [-0.05, 0) is 53.0 Å². The zero-order valence-electron chi connectivity index (χ0n) is 11.8. The molecule has 20 heavy (non-hydrogen) atoms. The van der Waals surface area contributed by atoms with Crippen molar-refractivity contribution in [3.63, 3.8) is 0 Å². The van der Waals surface area contributed by atoms with Crippen LogP contribution in [0, 0.1) is 0 Å². The van der Waals surface area contributed by atoms with Gasteiger partial charge in [-0.15, -0.1) is 0 Å². The molecule has 1 aromatic heterocycles. The van der Waals surface area contributed by atoms with Crippen LogP contribution in [-0.2, 0) is 6.42 Å². The standard InChI is InChI=1S/C17H21BrN2/c1-2-10-19-12-15(14-6-4-3-5-7-14)11-17-9-8-16(18)13-20-17/h3-9,13,15,19H,2,10-12H2,1H3. The first kappa shape index (κ1) is 15.2. The molecule has 0 saturated carbocycles. The molecule has 0 aliphatic carbocycles. The van der Waals surface area contributed by atoms with E-state index < -0.39 is 0 Å². The van der Waals surface area contributed by atoms with Gasteiger partial charge < -0.3 is 5.32 Å². The molecular formula is C17H21BrN2. The van der Waals surface area contributed by atoms with Crippen LogP contribution in [0.4, 0.5) is 0 Å². The Hall–Kier alpha value is -1.19. The molecule has 2 nitrogen and oxygen atoms in total. The molecule has 0 radical (unpaired) electrons. The van der Waals surface area contributed by atoms with E-state index >= 15 is 0 Å². The minimum atomic E-state index is 0.469. The minimum absolute atomic E-state index is 0.469. The Morgan fingerprint density at radius 1 is 1.15 bits per heavy atom. The van der Waals surface area contributed by atoms with E-state index in [9.17, 15) is 0 Å². The smallest absolute Gasteiger partial charge is 0.0413 e. The highest BCUT2D eigenvalue weighted by Crippen LogP contribution is 2.20. The predicted molar refractivity (Wildman–Crippen MR) is 88.0 cm³/mol. The van der Waals surface area contributed by atoms with Crippen LogP contribution < -0.4 is 5.32 Å². The van der Waals surface area contributed by atoms with E-state index in [0.29, 0.717) is 5.92 Å². The molecule has 0 aliphatic heterocycles. The second kappa shape index (κ2) is 8.18. The zero-order valence-corrected chi connectivity index (χ0v) is 13.4. The summed E-state index contributed by atoms with van der Waals surface area (Å²) in [5, 5.41) is 3.53. The second-order valence-corrected chi connectivity index (χ2v) is 5.90. The van der Waals surface area contributed by atoms with E-state index in [1.807, 2.05) is 6.20 Å². The summed E-state index contributed by atoms with van der Waals surface area (Å²) in [6.07, 6.45) is 4.00. The molecule has 1 unspecified atom stereocenters. The summed E-state index contributed by atoms with van der Waals surface area (Å²) in [6, 6.07) is 14.9. The molecule has 1 heterocycles. The molecule has 0 spiro atoms.